The number of piperazine rings is 1. The third-order valence-electron chi connectivity index (χ3n) is 4.78. The number of sulfonamides is 1. The molecular formula is C19H22F7N3O6S. The number of nitrogens with one attached hydrogen (secondary N) is 1. The number of amides is 2. The molecule has 0 radical (unpaired) electrons. The van der Waals surface area contributed by atoms with Crippen molar-refractivity contribution >= 4 is 22.0 Å². The fraction of sp³-hybridized carbons (Fsp3) is 0.579. The lowest BCUT2D eigenvalue weighted by atomic mass is 10.1. The zero-order valence-corrected chi connectivity index (χ0v) is 19.4. The topological polar surface area (TPSA) is 105 Å². The number of benzene rings is 1. The van der Waals surface area contributed by atoms with Crippen LogP contribution in [0.1, 0.15) is 17.4 Å². The fourth-order valence-electron chi connectivity index (χ4n) is 3.27. The first-order chi connectivity index (χ1) is 16.5. The van der Waals surface area contributed by atoms with Crippen LogP contribution in [0.5, 0.6) is 0 Å². The molecule has 9 nitrogen and oxygen atoms in total. The number of rotatable bonds is 8. The van der Waals surface area contributed by atoms with Gasteiger partial charge in [0.1, 0.15) is 19.5 Å². The van der Waals surface area contributed by atoms with Crippen LogP contribution in [0.4, 0.5) is 35.5 Å². The Bertz CT molecular complexity index is 1010. The number of hydrogen-bond donors (Lipinski definition) is 1. The summed E-state index contributed by atoms with van der Waals surface area (Å²) in [5, 5.41) is 0. The molecule has 36 heavy (non-hydrogen) atoms. The van der Waals surface area contributed by atoms with Crippen LogP contribution in [0.3, 0.4) is 0 Å². The number of halogens is 7. The standard InChI is InChI=1S/C19H22F7N3O6S/c1-36(32,33)27-14(30)11-34-15(13-4-2-3-12(9-13)10-20)28-5-7-29(8-6-28)17(31)35-16(18(21,22)23)19(24,25)26/h2-4,9,15-16H,5-8,10-11H2,1H3,(H,27,30). The van der Waals surface area contributed by atoms with Gasteiger partial charge in [0, 0.05) is 26.2 Å². The predicted molar refractivity (Wildman–Crippen MR) is 108 cm³/mol. The van der Waals surface area contributed by atoms with Gasteiger partial charge in [-0.25, -0.2) is 17.6 Å². The summed E-state index contributed by atoms with van der Waals surface area (Å²) in [4.78, 5) is 26.0. The Hall–Kier alpha value is -2.66. The van der Waals surface area contributed by atoms with Crippen molar-refractivity contribution in [3.63, 3.8) is 0 Å². The van der Waals surface area contributed by atoms with Gasteiger partial charge in [-0.2, -0.15) is 26.3 Å². The van der Waals surface area contributed by atoms with E-state index in [4.69, 9.17) is 4.74 Å². The summed E-state index contributed by atoms with van der Waals surface area (Å²) < 4.78 is 123. The summed E-state index contributed by atoms with van der Waals surface area (Å²) in [5.74, 6) is -1.02. The molecule has 1 fully saturated rings. The molecule has 0 spiro atoms. The number of carbonyl (C=O) groups is 2. The zero-order chi connectivity index (χ0) is 27.3. The van der Waals surface area contributed by atoms with Gasteiger partial charge in [0.25, 0.3) is 12.0 Å². The van der Waals surface area contributed by atoms with Crippen molar-refractivity contribution in [2.24, 2.45) is 0 Å². The fourth-order valence-corrected chi connectivity index (χ4v) is 3.74. The van der Waals surface area contributed by atoms with Gasteiger partial charge in [-0.05, 0) is 17.2 Å². The van der Waals surface area contributed by atoms with Crippen LogP contribution in [0.25, 0.3) is 0 Å². The summed E-state index contributed by atoms with van der Waals surface area (Å²) in [6, 6.07) is 5.86. The number of carbonyl (C=O) groups excluding carboxylic acids is 2. The van der Waals surface area contributed by atoms with Crippen molar-refractivity contribution in [2.75, 3.05) is 39.0 Å². The highest BCUT2D eigenvalue weighted by Gasteiger charge is 2.60. The average molecular weight is 553 g/mol. The zero-order valence-electron chi connectivity index (χ0n) is 18.6. The number of ether oxygens (including phenoxy) is 2. The van der Waals surface area contributed by atoms with Crippen LogP contribution in [-0.2, 0) is 31.0 Å². The molecule has 2 amide bonds. The molecule has 1 aliphatic heterocycles. The lowest BCUT2D eigenvalue weighted by molar-refractivity contribution is -0.308. The molecule has 1 aromatic rings. The summed E-state index contributed by atoms with van der Waals surface area (Å²) >= 11 is 0. The minimum atomic E-state index is -5.86. The van der Waals surface area contributed by atoms with E-state index in [1.54, 1.807) is 4.72 Å². The second-order valence-corrected chi connectivity index (χ2v) is 9.46. The van der Waals surface area contributed by atoms with Gasteiger partial charge >= 0.3 is 18.4 Å². The summed E-state index contributed by atoms with van der Waals surface area (Å²) in [6.45, 7) is -2.60. The number of alkyl halides is 7. The molecule has 1 aromatic carbocycles. The summed E-state index contributed by atoms with van der Waals surface area (Å²) in [7, 11) is -3.88. The van der Waals surface area contributed by atoms with E-state index in [0.717, 1.165) is 6.26 Å². The quantitative estimate of drug-likeness (QED) is 0.494. The van der Waals surface area contributed by atoms with Crippen molar-refractivity contribution in [1.82, 2.24) is 14.5 Å². The van der Waals surface area contributed by atoms with Crippen LogP contribution < -0.4 is 4.72 Å². The van der Waals surface area contributed by atoms with E-state index < -0.39 is 60.0 Å². The van der Waals surface area contributed by atoms with E-state index in [0.29, 0.717) is 10.5 Å². The van der Waals surface area contributed by atoms with Gasteiger partial charge < -0.3 is 14.4 Å². The molecule has 204 valence electrons. The van der Waals surface area contributed by atoms with Gasteiger partial charge in [-0.1, -0.05) is 18.2 Å². The van der Waals surface area contributed by atoms with Gasteiger partial charge in [0.05, 0.1) is 6.26 Å². The second-order valence-electron chi connectivity index (χ2n) is 7.71. The molecule has 0 aliphatic carbocycles. The lowest BCUT2D eigenvalue weighted by Crippen LogP contribution is -2.53. The highest BCUT2D eigenvalue weighted by Crippen LogP contribution is 2.36. The van der Waals surface area contributed by atoms with E-state index in [-0.39, 0.29) is 31.7 Å². The summed E-state index contributed by atoms with van der Waals surface area (Å²) in [6.07, 6.45) is -18.2. The molecule has 0 bridgehead atoms. The number of hydrogen-bond acceptors (Lipinski definition) is 7. The lowest BCUT2D eigenvalue weighted by Gasteiger charge is -2.39. The van der Waals surface area contributed by atoms with Crippen molar-refractivity contribution in [3.05, 3.63) is 35.4 Å². The molecule has 2 rings (SSSR count). The van der Waals surface area contributed by atoms with Crippen LogP contribution in [0.2, 0.25) is 0 Å². The second kappa shape index (κ2) is 11.6. The molecule has 1 heterocycles. The van der Waals surface area contributed by atoms with Gasteiger partial charge in [-0.3, -0.25) is 14.4 Å². The Morgan fingerprint density at radius 1 is 1.06 bits per heavy atom. The SMILES string of the molecule is CS(=O)(=O)NC(=O)COC(c1cccc(CF)c1)N1CCN(C(=O)OC(C(F)(F)F)C(F)(F)F)CC1. The van der Waals surface area contributed by atoms with Gasteiger partial charge in [0.15, 0.2) is 0 Å². The molecule has 1 aliphatic rings. The van der Waals surface area contributed by atoms with Crippen molar-refractivity contribution < 1.29 is 58.2 Å². The summed E-state index contributed by atoms with van der Waals surface area (Å²) in [5.41, 5.74) is 0.580. The normalized spacial score (nSPS) is 16.6. The van der Waals surface area contributed by atoms with E-state index in [1.165, 1.54) is 29.2 Å². The van der Waals surface area contributed by atoms with E-state index in [2.05, 4.69) is 4.74 Å². The van der Waals surface area contributed by atoms with Crippen LogP contribution in [-0.4, -0.2) is 87.7 Å². The highest BCUT2D eigenvalue weighted by molar-refractivity contribution is 7.89. The van der Waals surface area contributed by atoms with E-state index in [9.17, 15) is 48.7 Å². The molecule has 0 saturated carbocycles. The third kappa shape index (κ3) is 8.77. The first kappa shape index (κ1) is 29.6. The molecule has 1 atom stereocenters. The van der Waals surface area contributed by atoms with Crippen LogP contribution >= 0.6 is 0 Å². The molecule has 1 unspecified atom stereocenters. The minimum Gasteiger partial charge on any atom is -0.426 e. The largest absolute Gasteiger partial charge is 0.434 e. The van der Waals surface area contributed by atoms with E-state index >= 15 is 0 Å². The first-order valence-electron chi connectivity index (χ1n) is 10.1. The molecule has 0 aromatic heterocycles. The highest BCUT2D eigenvalue weighted by atomic mass is 32.2. The van der Waals surface area contributed by atoms with Crippen LogP contribution in [0, 0.1) is 0 Å². The Morgan fingerprint density at radius 3 is 2.14 bits per heavy atom. The van der Waals surface area contributed by atoms with Gasteiger partial charge in [0.2, 0.25) is 10.0 Å². The van der Waals surface area contributed by atoms with Crippen molar-refractivity contribution in [2.45, 2.75) is 31.4 Å². The van der Waals surface area contributed by atoms with Gasteiger partial charge in [-0.15, -0.1) is 0 Å². The maximum atomic E-state index is 13.1. The molecule has 17 heteroatoms. The van der Waals surface area contributed by atoms with Crippen LogP contribution in [0.15, 0.2) is 24.3 Å². The van der Waals surface area contributed by atoms with E-state index in [1.807, 2.05) is 0 Å². The Labute approximate surface area is 201 Å². The van der Waals surface area contributed by atoms with Crippen molar-refractivity contribution in [1.29, 1.82) is 0 Å². The maximum Gasteiger partial charge on any atom is 0.434 e. The maximum absolute atomic E-state index is 13.1. The Morgan fingerprint density at radius 2 is 1.64 bits per heavy atom. The first-order valence-corrected chi connectivity index (χ1v) is 12.0. The van der Waals surface area contributed by atoms with Crippen molar-refractivity contribution in [3.8, 4) is 0 Å². The molecule has 1 saturated heterocycles. The Kier molecular flexibility index (Phi) is 9.52. The third-order valence-corrected chi connectivity index (χ3v) is 5.38. The average Bonchev–Trinajstić information content (AvgIpc) is 2.75. The smallest absolute Gasteiger partial charge is 0.426 e. The molecular weight excluding hydrogens is 531 g/mol. The number of nitrogens with zero attached hydrogens (tertiary/aromatic N) is 2. The Balaban J connectivity index is 2.12. The molecule has 1 N–H and O–H groups in total. The minimum absolute atomic E-state index is 0.143. The predicted octanol–water partition coefficient (Wildman–Crippen LogP) is 2.49. The monoisotopic (exact) mass is 553 g/mol.